The molecule has 0 radical (unpaired) electrons. The molecule has 1 aromatic carbocycles. The maximum atomic E-state index is 11.7. The van der Waals surface area contributed by atoms with E-state index < -0.39 is 5.97 Å². The third-order valence-corrected chi connectivity index (χ3v) is 3.20. The minimum atomic E-state index is -0.394. The van der Waals surface area contributed by atoms with Crippen LogP contribution >= 0.6 is 0 Å². The Kier molecular flexibility index (Phi) is 5.89. The summed E-state index contributed by atoms with van der Waals surface area (Å²) in [5.74, 6) is 0.493. The second kappa shape index (κ2) is 8.10. The van der Waals surface area contributed by atoms with Crippen LogP contribution in [-0.4, -0.2) is 24.0 Å². The van der Waals surface area contributed by atoms with Gasteiger partial charge in [0.1, 0.15) is 5.82 Å². The van der Waals surface area contributed by atoms with Crippen molar-refractivity contribution in [1.82, 2.24) is 4.98 Å². The van der Waals surface area contributed by atoms with Crippen LogP contribution in [0.4, 0.5) is 17.2 Å². The number of hydrogen-bond acceptors (Lipinski definition) is 5. The van der Waals surface area contributed by atoms with Crippen LogP contribution in [0.2, 0.25) is 0 Å². The highest BCUT2D eigenvalue weighted by Gasteiger charge is 2.07. The lowest BCUT2D eigenvalue weighted by atomic mass is 10.1. The first kappa shape index (κ1) is 17.5. The molecule has 2 aromatic rings. The first-order valence-electron chi connectivity index (χ1n) is 7.69. The summed E-state index contributed by atoms with van der Waals surface area (Å²) < 4.78 is 4.70. The van der Waals surface area contributed by atoms with Gasteiger partial charge in [-0.3, -0.25) is 4.79 Å². The third kappa shape index (κ3) is 5.08. The Bertz CT molecular complexity index is 712. The average molecular weight is 327 g/mol. The zero-order chi connectivity index (χ0) is 17.5. The highest BCUT2D eigenvalue weighted by molar-refractivity contribution is 5.91. The molecule has 0 fully saturated rings. The molecule has 6 heteroatoms. The van der Waals surface area contributed by atoms with Crippen LogP contribution in [0.15, 0.2) is 42.6 Å². The standard InChI is InChI=1S/C18H21N3O3/c1-12(2)9-17(22)21-15-7-8-16(19-11-15)20-14-6-4-5-13(10-14)18(23)24-3/h4-8,10-12H,9H2,1-3H3,(H,19,20)(H,21,22). The predicted molar refractivity (Wildman–Crippen MR) is 93.4 cm³/mol. The number of carbonyl (C=O) groups excluding carboxylic acids is 2. The molecule has 126 valence electrons. The highest BCUT2D eigenvalue weighted by atomic mass is 16.5. The summed E-state index contributed by atoms with van der Waals surface area (Å²) in [5, 5.41) is 5.91. The third-order valence-electron chi connectivity index (χ3n) is 3.20. The predicted octanol–water partition coefficient (Wildman–Crippen LogP) is 3.60. The van der Waals surface area contributed by atoms with Gasteiger partial charge in [-0.2, -0.15) is 0 Å². The fourth-order valence-corrected chi connectivity index (χ4v) is 2.11. The molecule has 6 nitrogen and oxygen atoms in total. The Hall–Kier alpha value is -2.89. The second-order valence-corrected chi connectivity index (χ2v) is 5.78. The summed E-state index contributed by atoms with van der Waals surface area (Å²) >= 11 is 0. The van der Waals surface area contributed by atoms with E-state index in [1.54, 1.807) is 36.5 Å². The van der Waals surface area contributed by atoms with E-state index in [1.807, 2.05) is 19.9 Å². The number of aromatic nitrogens is 1. The molecule has 0 aliphatic rings. The van der Waals surface area contributed by atoms with Crippen LogP contribution < -0.4 is 10.6 Å². The van der Waals surface area contributed by atoms with Crippen molar-refractivity contribution in [2.75, 3.05) is 17.7 Å². The molecule has 0 atom stereocenters. The number of carbonyl (C=O) groups is 2. The first-order valence-corrected chi connectivity index (χ1v) is 7.69. The van der Waals surface area contributed by atoms with Gasteiger partial charge in [0.15, 0.2) is 0 Å². The number of ether oxygens (including phenoxy) is 1. The maximum absolute atomic E-state index is 11.7. The first-order chi connectivity index (χ1) is 11.5. The van der Waals surface area contributed by atoms with Crippen LogP contribution in [0.3, 0.4) is 0 Å². The molecule has 2 N–H and O–H groups in total. The largest absolute Gasteiger partial charge is 0.465 e. The van der Waals surface area contributed by atoms with Crippen molar-refractivity contribution in [1.29, 1.82) is 0 Å². The second-order valence-electron chi connectivity index (χ2n) is 5.78. The molecule has 2 rings (SSSR count). The number of rotatable bonds is 6. The lowest BCUT2D eigenvalue weighted by Gasteiger charge is -2.09. The SMILES string of the molecule is COC(=O)c1cccc(Nc2ccc(NC(=O)CC(C)C)cn2)c1. The Labute approximate surface area is 141 Å². The topological polar surface area (TPSA) is 80.3 Å². The number of amides is 1. The fraction of sp³-hybridized carbons (Fsp3) is 0.278. The highest BCUT2D eigenvalue weighted by Crippen LogP contribution is 2.18. The van der Waals surface area contributed by atoms with E-state index in [9.17, 15) is 9.59 Å². The van der Waals surface area contributed by atoms with E-state index >= 15 is 0 Å². The van der Waals surface area contributed by atoms with Crippen molar-refractivity contribution in [3.05, 3.63) is 48.2 Å². The monoisotopic (exact) mass is 327 g/mol. The normalized spacial score (nSPS) is 10.3. The van der Waals surface area contributed by atoms with E-state index in [4.69, 9.17) is 4.74 Å². The molecule has 1 heterocycles. The maximum Gasteiger partial charge on any atom is 0.337 e. The molecule has 24 heavy (non-hydrogen) atoms. The van der Waals surface area contributed by atoms with Crippen molar-refractivity contribution in [2.24, 2.45) is 5.92 Å². The van der Waals surface area contributed by atoms with Crippen LogP contribution in [0.1, 0.15) is 30.6 Å². The molecule has 0 bridgehead atoms. The van der Waals surface area contributed by atoms with Crippen LogP contribution in [0, 0.1) is 5.92 Å². The summed E-state index contributed by atoms with van der Waals surface area (Å²) in [7, 11) is 1.34. The number of anilines is 3. The van der Waals surface area contributed by atoms with E-state index in [0.717, 1.165) is 5.69 Å². The number of nitrogens with zero attached hydrogens (tertiary/aromatic N) is 1. The molecule has 0 saturated heterocycles. The zero-order valence-electron chi connectivity index (χ0n) is 14.0. The van der Waals surface area contributed by atoms with E-state index in [1.165, 1.54) is 7.11 Å². The quantitative estimate of drug-likeness (QED) is 0.792. The average Bonchev–Trinajstić information content (AvgIpc) is 2.55. The molecule has 0 spiro atoms. The smallest absolute Gasteiger partial charge is 0.337 e. The van der Waals surface area contributed by atoms with Gasteiger partial charge in [0, 0.05) is 12.1 Å². The number of hydrogen-bond donors (Lipinski definition) is 2. The minimum Gasteiger partial charge on any atom is -0.465 e. The van der Waals surface area contributed by atoms with E-state index in [0.29, 0.717) is 29.4 Å². The van der Waals surface area contributed by atoms with E-state index in [-0.39, 0.29) is 5.91 Å². The van der Waals surface area contributed by atoms with E-state index in [2.05, 4.69) is 15.6 Å². The summed E-state index contributed by atoms with van der Waals surface area (Å²) in [5.41, 5.74) is 1.83. The number of esters is 1. The van der Waals surface area contributed by atoms with Gasteiger partial charge < -0.3 is 15.4 Å². The van der Waals surface area contributed by atoms with Gasteiger partial charge in [-0.1, -0.05) is 19.9 Å². The van der Waals surface area contributed by atoms with Crippen molar-refractivity contribution in [3.63, 3.8) is 0 Å². The van der Waals surface area contributed by atoms with Crippen molar-refractivity contribution >= 4 is 29.1 Å². The summed E-state index contributed by atoms with van der Waals surface area (Å²) in [6.07, 6.45) is 2.06. The van der Waals surface area contributed by atoms with Gasteiger partial charge in [0.2, 0.25) is 5.91 Å². The number of nitrogens with one attached hydrogen (secondary N) is 2. The Balaban J connectivity index is 2.01. The zero-order valence-corrected chi connectivity index (χ0v) is 14.0. The molecule has 0 aliphatic carbocycles. The van der Waals surface area contributed by atoms with Crippen molar-refractivity contribution < 1.29 is 14.3 Å². The lowest BCUT2D eigenvalue weighted by Crippen LogP contribution is -2.13. The summed E-state index contributed by atoms with van der Waals surface area (Å²) in [6, 6.07) is 10.5. The Morgan fingerprint density at radius 1 is 1.17 bits per heavy atom. The minimum absolute atomic E-state index is 0.0294. The molecule has 1 aromatic heterocycles. The van der Waals surface area contributed by atoms with Crippen LogP contribution in [-0.2, 0) is 9.53 Å². The summed E-state index contributed by atoms with van der Waals surface area (Å²) in [4.78, 5) is 27.5. The van der Waals surface area contributed by atoms with Crippen molar-refractivity contribution in [3.8, 4) is 0 Å². The summed E-state index contributed by atoms with van der Waals surface area (Å²) in [6.45, 7) is 3.99. The molecule has 0 unspecified atom stereocenters. The lowest BCUT2D eigenvalue weighted by molar-refractivity contribution is -0.116. The molecule has 1 amide bonds. The van der Waals surface area contributed by atoms with Crippen molar-refractivity contribution in [2.45, 2.75) is 20.3 Å². The molecule has 0 aliphatic heterocycles. The molecular weight excluding hydrogens is 306 g/mol. The van der Waals surface area contributed by atoms with Crippen LogP contribution in [0.25, 0.3) is 0 Å². The Morgan fingerprint density at radius 2 is 1.96 bits per heavy atom. The van der Waals surface area contributed by atoms with Gasteiger partial charge in [0.25, 0.3) is 0 Å². The van der Waals surface area contributed by atoms with Gasteiger partial charge in [-0.05, 0) is 36.2 Å². The van der Waals surface area contributed by atoms with Gasteiger partial charge in [-0.15, -0.1) is 0 Å². The fourth-order valence-electron chi connectivity index (χ4n) is 2.11. The molecular formula is C18H21N3O3. The number of benzene rings is 1. The van der Waals surface area contributed by atoms with Gasteiger partial charge in [0.05, 0.1) is 24.6 Å². The molecule has 0 saturated carbocycles. The van der Waals surface area contributed by atoms with Gasteiger partial charge >= 0.3 is 5.97 Å². The van der Waals surface area contributed by atoms with Crippen LogP contribution in [0.5, 0.6) is 0 Å². The Morgan fingerprint density at radius 3 is 2.58 bits per heavy atom. The number of methoxy groups -OCH3 is 1. The number of pyridine rings is 1. The van der Waals surface area contributed by atoms with Gasteiger partial charge in [-0.25, -0.2) is 9.78 Å².